The van der Waals surface area contributed by atoms with E-state index in [1.807, 2.05) is 13.8 Å². The number of esters is 1. The van der Waals surface area contributed by atoms with Crippen LogP contribution >= 0.6 is 0 Å². The molecule has 0 aromatic heterocycles. The Hall–Kier alpha value is -1.55. The summed E-state index contributed by atoms with van der Waals surface area (Å²) < 4.78 is 47.4. The molecule has 21 nitrogen and oxygen atoms in total. The van der Waals surface area contributed by atoms with Crippen molar-refractivity contribution >= 4 is 5.97 Å². The standard InChI is InChI=1S/C52H84O21/c1-22-31(56)35(60)39(64)44(68-22)73-46(65)52-15-13-47(2,3)17-24(52)23-9-10-30-49(6)18-25(54)41(48(4,5)29(49)11-12-51(30,8)50(23,7)14-16-52)72-45-40(36(61)33(58)27(19-53)69-45)71-43-38(63)34(59)28(21-67-43)70-42-37(62)32(57)26(55)20-66-42/h9,22,24-45,53-64H,10-21H2,1-8H3/t22-,24-,25+,26-,27+,28+,29-,30+,31-,32-,33+,34-,35+,36-,37+,38+,39+,40+,41-,42-,43-,44-,45-,49-,50+,51+,52-/m0/s1. The largest absolute Gasteiger partial charge is 0.432 e. The van der Waals surface area contributed by atoms with Crippen molar-refractivity contribution in [3.05, 3.63) is 11.6 Å². The van der Waals surface area contributed by atoms with Crippen molar-refractivity contribution < 1.29 is 104 Å². The lowest BCUT2D eigenvalue weighted by molar-refractivity contribution is -0.381. The summed E-state index contributed by atoms with van der Waals surface area (Å²) in [7, 11) is 0. The lowest BCUT2D eigenvalue weighted by atomic mass is 9.33. The van der Waals surface area contributed by atoms with Crippen molar-refractivity contribution in [2.45, 2.75) is 236 Å². The highest BCUT2D eigenvalue weighted by atomic mass is 16.8. The molecule has 9 aliphatic rings. The number of ether oxygens (including phenoxy) is 8. The number of fused-ring (bicyclic) bond motifs is 7. The molecule has 27 atom stereocenters. The Labute approximate surface area is 426 Å². The van der Waals surface area contributed by atoms with Gasteiger partial charge in [-0.2, -0.15) is 0 Å². The van der Waals surface area contributed by atoms with Crippen LogP contribution in [0, 0.1) is 50.2 Å². The van der Waals surface area contributed by atoms with E-state index in [2.05, 4.69) is 40.7 Å². The first kappa shape index (κ1) is 56.2. The second-order valence-electron chi connectivity index (χ2n) is 25.5. The molecule has 4 heterocycles. The van der Waals surface area contributed by atoms with Crippen LogP contribution < -0.4 is 0 Å². The average Bonchev–Trinajstić information content (AvgIpc) is 3.32. The molecule has 4 aliphatic heterocycles. The Morgan fingerprint density at radius 2 is 1.27 bits per heavy atom. The summed E-state index contributed by atoms with van der Waals surface area (Å²) in [6.07, 6.45) is -21.0. The third-order valence-electron chi connectivity index (χ3n) is 20.6. The van der Waals surface area contributed by atoms with Crippen molar-refractivity contribution in [1.29, 1.82) is 0 Å². The monoisotopic (exact) mass is 1040 g/mol. The van der Waals surface area contributed by atoms with Gasteiger partial charge in [0.2, 0.25) is 6.29 Å². The third-order valence-corrected chi connectivity index (χ3v) is 20.6. The maximum absolute atomic E-state index is 14.7. The molecule has 0 radical (unpaired) electrons. The highest BCUT2D eigenvalue weighted by Gasteiger charge is 2.71. The van der Waals surface area contributed by atoms with E-state index in [-0.39, 0.29) is 40.6 Å². The first-order valence-corrected chi connectivity index (χ1v) is 26.6. The fraction of sp³-hybridized carbons (Fsp3) is 0.942. The molecular weight excluding hydrogens is 961 g/mol. The van der Waals surface area contributed by atoms with Crippen LogP contribution in [0.3, 0.4) is 0 Å². The Morgan fingerprint density at radius 1 is 0.630 bits per heavy atom. The predicted molar refractivity (Wildman–Crippen MR) is 251 cm³/mol. The molecule has 0 spiro atoms. The minimum atomic E-state index is -1.84. The number of allylic oxidation sites excluding steroid dienone is 2. The summed E-state index contributed by atoms with van der Waals surface area (Å²) in [5, 5.41) is 130. The zero-order chi connectivity index (χ0) is 53.3. The number of aliphatic hydroxyl groups excluding tert-OH is 12. The van der Waals surface area contributed by atoms with Gasteiger partial charge in [0, 0.05) is 0 Å². The topological polar surface area (TPSA) is 334 Å². The molecule has 4 saturated heterocycles. The summed E-state index contributed by atoms with van der Waals surface area (Å²) in [5.74, 6) is -0.556. The lowest BCUT2D eigenvalue weighted by Crippen LogP contribution is -2.69. The van der Waals surface area contributed by atoms with E-state index in [1.54, 1.807) is 6.92 Å². The number of carbonyl (C=O) groups is 1. The highest BCUT2D eigenvalue weighted by Crippen LogP contribution is 2.76. The van der Waals surface area contributed by atoms with Gasteiger partial charge in [-0.25, -0.2) is 0 Å². The summed E-state index contributed by atoms with van der Waals surface area (Å²) in [5.41, 5.74) is -1.54. The van der Waals surface area contributed by atoms with Gasteiger partial charge in [-0.15, -0.1) is 0 Å². The molecule has 9 rings (SSSR count). The van der Waals surface area contributed by atoms with Gasteiger partial charge in [-0.3, -0.25) is 4.79 Å². The minimum absolute atomic E-state index is 0.0202. The van der Waals surface area contributed by atoms with Crippen molar-refractivity contribution in [1.82, 2.24) is 0 Å². The van der Waals surface area contributed by atoms with Gasteiger partial charge in [0.15, 0.2) is 18.9 Å². The van der Waals surface area contributed by atoms with Crippen molar-refractivity contribution in [2.75, 3.05) is 19.8 Å². The van der Waals surface area contributed by atoms with Crippen molar-refractivity contribution in [3.63, 3.8) is 0 Å². The smallest absolute Gasteiger partial charge is 0.315 e. The first-order chi connectivity index (χ1) is 34.1. The zero-order valence-corrected chi connectivity index (χ0v) is 43.4. The summed E-state index contributed by atoms with van der Waals surface area (Å²) in [6, 6.07) is 0. The fourth-order valence-corrected chi connectivity index (χ4v) is 16.0. The quantitative estimate of drug-likeness (QED) is 0.0767. The lowest BCUT2D eigenvalue weighted by Gasteiger charge is -2.71. The van der Waals surface area contributed by atoms with E-state index >= 15 is 0 Å². The van der Waals surface area contributed by atoms with Crippen LogP contribution in [-0.2, 0) is 42.7 Å². The highest BCUT2D eigenvalue weighted by molar-refractivity contribution is 5.79. The van der Waals surface area contributed by atoms with Crippen LogP contribution in [0.25, 0.3) is 0 Å². The van der Waals surface area contributed by atoms with Gasteiger partial charge in [0.05, 0.1) is 43.5 Å². The third kappa shape index (κ3) is 9.10. The molecular formula is C52H84O21. The van der Waals surface area contributed by atoms with E-state index in [1.165, 1.54) is 5.57 Å². The van der Waals surface area contributed by atoms with Gasteiger partial charge in [0.1, 0.15) is 79.4 Å². The molecule has 0 bridgehead atoms. The Kier molecular flexibility index (Phi) is 15.4. The van der Waals surface area contributed by atoms with E-state index < -0.39 is 158 Å². The summed E-state index contributed by atoms with van der Waals surface area (Å²) >= 11 is 0. The van der Waals surface area contributed by atoms with Gasteiger partial charge in [-0.05, 0) is 110 Å². The number of rotatable bonds is 9. The van der Waals surface area contributed by atoms with Crippen molar-refractivity contribution in [2.24, 2.45) is 50.2 Å². The number of hydrogen-bond acceptors (Lipinski definition) is 21. The Balaban J connectivity index is 0.936. The normalized spacial score (nSPS) is 54.7. The molecule has 12 N–H and O–H groups in total. The van der Waals surface area contributed by atoms with E-state index in [9.17, 15) is 66.1 Å². The molecule has 4 saturated carbocycles. The van der Waals surface area contributed by atoms with Gasteiger partial charge in [0.25, 0.3) is 0 Å². The second kappa shape index (κ2) is 20.0. The van der Waals surface area contributed by atoms with Crippen LogP contribution in [0.4, 0.5) is 0 Å². The maximum atomic E-state index is 14.7. The molecule has 0 amide bonds. The fourth-order valence-electron chi connectivity index (χ4n) is 16.0. The van der Waals surface area contributed by atoms with Gasteiger partial charge >= 0.3 is 5.97 Å². The first-order valence-electron chi connectivity index (χ1n) is 26.6. The Morgan fingerprint density at radius 3 is 1.97 bits per heavy atom. The molecule has 21 heteroatoms. The van der Waals surface area contributed by atoms with Crippen LogP contribution in [0.15, 0.2) is 11.6 Å². The summed E-state index contributed by atoms with van der Waals surface area (Å²) in [6.45, 7) is 15.6. The molecule has 5 aliphatic carbocycles. The average molecular weight is 1050 g/mol. The SMILES string of the molecule is C[C@@H]1O[C@@H](OC(=O)[C@]23CCC(C)(C)C[C@H]2C2=CC[C@@H]4[C@@]5(C)C[C@@H](O)[C@H](O[C@@H]6O[C@H](CO)[C@@H](O)[C@H](O)[C@H]6O[C@@H]6OC[C@@H](O[C@@H]7OC[C@H](O)[C@H](O)[C@H]7O)[C@H](O)[C@H]6O)C(C)(C)[C@@H]5CC[C@@]4(C)[C@]2(C)CC3)[C@H](O)[C@H](O)[C@H]1O. The van der Waals surface area contributed by atoms with Crippen LogP contribution in [0.2, 0.25) is 0 Å². The van der Waals surface area contributed by atoms with E-state index in [0.717, 1.165) is 25.7 Å². The van der Waals surface area contributed by atoms with E-state index in [4.69, 9.17) is 37.9 Å². The van der Waals surface area contributed by atoms with Crippen LogP contribution in [0.1, 0.15) is 113 Å². The predicted octanol–water partition coefficient (Wildman–Crippen LogP) is -0.759. The molecule has 73 heavy (non-hydrogen) atoms. The van der Waals surface area contributed by atoms with Crippen LogP contribution in [0.5, 0.6) is 0 Å². The second-order valence-corrected chi connectivity index (χ2v) is 25.5. The zero-order valence-electron chi connectivity index (χ0n) is 43.4. The molecule has 8 fully saturated rings. The van der Waals surface area contributed by atoms with Gasteiger partial charge < -0.3 is 99.2 Å². The molecule has 0 aromatic carbocycles. The Bertz CT molecular complexity index is 2020. The number of aliphatic hydroxyl groups is 12. The van der Waals surface area contributed by atoms with Crippen LogP contribution in [-0.4, -0.2) is 210 Å². The van der Waals surface area contributed by atoms with Gasteiger partial charge in [-0.1, -0.05) is 60.1 Å². The number of hydrogen-bond donors (Lipinski definition) is 12. The summed E-state index contributed by atoms with van der Waals surface area (Å²) in [4.78, 5) is 14.7. The molecule has 418 valence electrons. The number of carbonyl (C=O) groups excluding carboxylic acids is 1. The van der Waals surface area contributed by atoms with Crippen molar-refractivity contribution in [3.8, 4) is 0 Å². The van der Waals surface area contributed by atoms with E-state index in [0.29, 0.717) is 32.1 Å². The molecule has 0 unspecified atom stereocenters. The molecule has 0 aromatic rings. The minimum Gasteiger partial charge on any atom is -0.432 e. The maximum Gasteiger partial charge on any atom is 0.315 e.